The van der Waals surface area contributed by atoms with Gasteiger partial charge in [0.25, 0.3) is 5.91 Å². The number of ether oxygens (including phenoxy) is 1. The fraction of sp³-hybridized carbons (Fsp3) is 0.0833. The molecule has 1 heterocycles. The van der Waals surface area contributed by atoms with Crippen molar-refractivity contribution in [3.63, 3.8) is 0 Å². The number of methoxy groups -OCH3 is 1. The summed E-state index contributed by atoms with van der Waals surface area (Å²) < 4.78 is 5.18. The summed E-state index contributed by atoms with van der Waals surface area (Å²) in [5.41, 5.74) is 7.35. The molecule has 4 aromatic rings. The lowest BCUT2D eigenvalue weighted by Gasteiger charge is -2.07. The molecule has 4 rings (SSSR count). The molecule has 3 N–H and O–H groups in total. The number of aromatic amines is 1. The summed E-state index contributed by atoms with van der Waals surface area (Å²) in [6, 6.07) is 25.5. The summed E-state index contributed by atoms with van der Waals surface area (Å²) in [7, 11) is 1.61. The zero-order chi connectivity index (χ0) is 20.8. The maximum Gasteiger partial charge on any atom is 0.259 e. The van der Waals surface area contributed by atoms with E-state index in [9.17, 15) is 4.79 Å². The molecule has 3 aromatic carbocycles. The van der Waals surface area contributed by atoms with Crippen LogP contribution in [0, 0.1) is 0 Å². The second kappa shape index (κ2) is 8.96. The molecule has 6 heteroatoms. The van der Waals surface area contributed by atoms with Gasteiger partial charge in [0.2, 0.25) is 0 Å². The summed E-state index contributed by atoms with van der Waals surface area (Å²) in [5, 5.41) is 8.29. The van der Waals surface area contributed by atoms with E-state index in [0.717, 1.165) is 39.2 Å². The van der Waals surface area contributed by atoms with Crippen LogP contribution in [0.4, 0.5) is 5.69 Å². The number of amides is 1. The monoisotopic (exact) mass is 398 g/mol. The molecule has 0 aliphatic rings. The highest BCUT2D eigenvalue weighted by Crippen LogP contribution is 2.28. The quantitative estimate of drug-likeness (QED) is 0.319. The lowest BCUT2D eigenvalue weighted by atomic mass is 10.1. The van der Waals surface area contributed by atoms with Crippen LogP contribution in [0.1, 0.15) is 5.56 Å². The standard InChI is InChI=1S/C24H22N4O2/c1-30-19-11-7-10-18(14-19)25-16-23(29)28-26-15-21-20-12-5-6-13-22(20)27-24(21)17-8-3-2-4-9-17/h2-15,25,27H,16H2,1H3,(H,28,29)/b26-15+. The zero-order valence-electron chi connectivity index (χ0n) is 16.6. The average molecular weight is 398 g/mol. The van der Waals surface area contributed by atoms with E-state index in [1.807, 2.05) is 78.9 Å². The summed E-state index contributed by atoms with van der Waals surface area (Å²) in [5.74, 6) is 0.487. The van der Waals surface area contributed by atoms with Gasteiger partial charge in [-0.2, -0.15) is 5.10 Å². The minimum absolute atomic E-state index is 0.101. The number of benzene rings is 3. The van der Waals surface area contributed by atoms with Crippen molar-refractivity contribution < 1.29 is 9.53 Å². The SMILES string of the molecule is COc1cccc(NCC(=O)N/N=C/c2c(-c3ccccc3)[nH]c3ccccc23)c1. The number of nitrogens with zero attached hydrogens (tertiary/aromatic N) is 1. The Bertz CT molecular complexity index is 1180. The second-order valence-electron chi connectivity index (χ2n) is 6.70. The first kappa shape index (κ1) is 19.3. The predicted molar refractivity (Wildman–Crippen MR) is 121 cm³/mol. The Morgan fingerprint density at radius 3 is 2.67 bits per heavy atom. The Morgan fingerprint density at radius 1 is 1.03 bits per heavy atom. The molecule has 0 radical (unpaired) electrons. The highest BCUT2D eigenvalue weighted by molar-refractivity contribution is 6.06. The number of H-pyrrole nitrogens is 1. The van der Waals surface area contributed by atoms with Crippen LogP contribution in [0.5, 0.6) is 5.75 Å². The lowest BCUT2D eigenvalue weighted by Crippen LogP contribution is -2.25. The molecule has 0 aliphatic carbocycles. The number of carbonyl (C=O) groups excluding carboxylic acids is 1. The van der Waals surface area contributed by atoms with Crippen molar-refractivity contribution in [1.29, 1.82) is 0 Å². The van der Waals surface area contributed by atoms with Crippen LogP contribution in [0.2, 0.25) is 0 Å². The van der Waals surface area contributed by atoms with E-state index in [0.29, 0.717) is 0 Å². The van der Waals surface area contributed by atoms with E-state index < -0.39 is 0 Å². The Labute approximate surface area is 174 Å². The van der Waals surface area contributed by atoms with E-state index in [1.165, 1.54) is 0 Å². The van der Waals surface area contributed by atoms with E-state index >= 15 is 0 Å². The molecular formula is C24H22N4O2. The Hall–Kier alpha value is -4.06. The number of fused-ring (bicyclic) bond motifs is 1. The molecule has 0 saturated heterocycles. The highest BCUT2D eigenvalue weighted by Gasteiger charge is 2.11. The van der Waals surface area contributed by atoms with E-state index in [4.69, 9.17) is 4.74 Å². The number of rotatable bonds is 7. The first-order valence-corrected chi connectivity index (χ1v) is 9.60. The van der Waals surface area contributed by atoms with Gasteiger partial charge in [-0.3, -0.25) is 4.79 Å². The molecule has 0 saturated carbocycles. The average Bonchev–Trinajstić information content (AvgIpc) is 3.17. The fourth-order valence-corrected chi connectivity index (χ4v) is 3.25. The van der Waals surface area contributed by atoms with Crippen molar-refractivity contribution >= 4 is 28.7 Å². The van der Waals surface area contributed by atoms with Crippen molar-refractivity contribution in [3.8, 4) is 17.0 Å². The third-order valence-corrected chi connectivity index (χ3v) is 4.71. The van der Waals surface area contributed by atoms with Gasteiger partial charge < -0.3 is 15.0 Å². The smallest absolute Gasteiger partial charge is 0.259 e. The van der Waals surface area contributed by atoms with E-state index in [1.54, 1.807) is 13.3 Å². The molecule has 1 aromatic heterocycles. The molecule has 6 nitrogen and oxygen atoms in total. The number of anilines is 1. The summed E-state index contributed by atoms with van der Waals surface area (Å²) in [6.07, 6.45) is 1.69. The largest absolute Gasteiger partial charge is 0.497 e. The first-order chi connectivity index (χ1) is 14.7. The minimum atomic E-state index is -0.241. The van der Waals surface area contributed by atoms with E-state index in [2.05, 4.69) is 20.8 Å². The highest BCUT2D eigenvalue weighted by atomic mass is 16.5. The van der Waals surface area contributed by atoms with Crippen LogP contribution < -0.4 is 15.5 Å². The molecule has 30 heavy (non-hydrogen) atoms. The van der Waals surface area contributed by atoms with Gasteiger partial charge in [0.1, 0.15) is 5.75 Å². The van der Waals surface area contributed by atoms with Crippen molar-refractivity contribution in [2.75, 3.05) is 19.0 Å². The van der Waals surface area contributed by atoms with Crippen LogP contribution in [0.25, 0.3) is 22.2 Å². The summed E-state index contributed by atoms with van der Waals surface area (Å²) >= 11 is 0. The molecule has 0 atom stereocenters. The van der Waals surface area contributed by atoms with Crippen LogP contribution in [-0.2, 0) is 4.79 Å². The topological polar surface area (TPSA) is 78.5 Å². The zero-order valence-corrected chi connectivity index (χ0v) is 16.6. The molecule has 0 bridgehead atoms. The number of aromatic nitrogens is 1. The maximum atomic E-state index is 12.2. The van der Waals surface area contributed by atoms with Gasteiger partial charge in [0, 0.05) is 28.2 Å². The molecular weight excluding hydrogens is 376 g/mol. The summed E-state index contributed by atoms with van der Waals surface area (Å²) in [4.78, 5) is 15.6. The lowest BCUT2D eigenvalue weighted by molar-refractivity contribution is -0.119. The first-order valence-electron chi connectivity index (χ1n) is 9.60. The van der Waals surface area contributed by atoms with Gasteiger partial charge in [-0.05, 0) is 23.8 Å². The Morgan fingerprint density at radius 2 is 1.83 bits per heavy atom. The van der Waals surface area contributed by atoms with Gasteiger partial charge in [0.15, 0.2) is 0 Å². The van der Waals surface area contributed by atoms with Crippen LogP contribution in [0.3, 0.4) is 0 Å². The Kier molecular flexibility index (Phi) is 5.75. The number of hydrogen-bond acceptors (Lipinski definition) is 4. The van der Waals surface area contributed by atoms with Crippen LogP contribution >= 0.6 is 0 Å². The number of hydrogen-bond donors (Lipinski definition) is 3. The van der Waals surface area contributed by atoms with Gasteiger partial charge in [-0.25, -0.2) is 5.43 Å². The van der Waals surface area contributed by atoms with Gasteiger partial charge >= 0.3 is 0 Å². The Balaban J connectivity index is 1.48. The number of nitrogens with one attached hydrogen (secondary N) is 3. The molecule has 0 spiro atoms. The van der Waals surface area contributed by atoms with Gasteiger partial charge in [-0.1, -0.05) is 54.6 Å². The van der Waals surface area contributed by atoms with Crippen molar-refractivity contribution in [3.05, 3.63) is 84.4 Å². The molecule has 0 fully saturated rings. The number of para-hydroxylation sites is 1. The fourth-order valence-electron chi connectivity index (χ4n) is 3.25. The second-order valence-corrected chi connectivity index (χ2v) is 6.70. The van der Waals surface area contributed by atoms with Gasteiger partial charge in [0.05, 0.1) is 25.6 Å². The van der Waals surface area contributed by atoms with E-state index in [-0.39, 0.29) is 12.5 Å². The van der Waals surface area contributed by atoms with Crippen molar-refractivity contribution in [2.24, 2.45) is 5.10 Å². The molecule has 150 valence electrons. The van der Waals surface area contributed by atoms with Gasteiger partial charge in [-0.15, -0.1) is 0 Å². The molecule has 1 amide bonds. The minimum Gasteiger partial charge on any atom is -0.497 e. The van der Waals surface area contributed by atoms with Crippen molar-refractivity contribution in [1.82, 2.24) is 10.4 Å². The van der Waals surface area contributed by atoms with Crippen LogP contribution in [0.15, 0.2) is 84.0 Å². The predicted octanol–water partition coefficient (Wildman–Crippen LogP) is 4.41. The number of hydrazone groups is 1. The number of carbonyl (C=O) groups is 1. The maximum absolute atomic E-state index is 12.2. The molecule has 0 unspecified atom stereocenters. The normalized spacial score (nSPS) is 11.0. The third kappa shape index (κ3) is 4.33. The summed E-state index contributed by atoms with van der Waals surface area (Å²) in [6.45, 7) is 0.101. The third-order valence-electron chi connectivity index (χ3n) is 4.71. The van der Waals surface area contributed by atoms with Crippen LogP contribution in [-0.4, -0.2) is 30.8 Å². The van der Waals surface area contributed by atoms with Crippen molar-refractivity contribution in [2.45, 2.75) is 0 Å². The molecule has 0 aliphatic heterocycles.